The molecule has 4 heteroatoms. The van der Waals surface area contributed by atoms with Gasteiger partial charge in [-0.25, -0.2) is 0 Å². The van der Waals surface area contributed by atoms with Gasteiger partial charge >= 0.3 is 0 Å². The lowest BCUT2D eigenvalue weighted by Crippen LogP contribution is -2.42. The molecule has 1 aromatic heterocycles. The van der Waals surface area contributed by atoms with Gasteiger partial charge < -0.3 is 9.94 Å². The van der Waals surface area contributed by atoms with Crippen molar-refractivity contribution in [3.63, 3.8) is 0 Å². The maximum Gasteiger partial charge on any atom is 0.290 e. The van der Waals surface area contributed by atoms with Gasteiger partial charge in [-0.1, -0.05) is 49.4 Å². The Hall–Kier alpha value is -2.49. The molecule has 1 N–H and O–H groups in total. The molecule has 1 aliphatic heterocycles. The highest BCUT2D eigenvalue weighted by atomic mass is 16.5. The van der Waals surface area contributed by atoms with Crippen LogP contribution in [-0.2, 0) is 0 Å². The van der Waals surface area contributed by atoms with E-state index in [0.717, 1.165) is 28.7 Å². The fourth-order valence-corrected chi connectivity index (χ4v) is 4.81. The molecule has 2 aliphatic rings. The van der Waals surface area contributed by atoms with Gasteiger partial charge in [0.2, 0.25) is 0 Å². The molecular weight excluding hydrogens is 326 g/mol. The summed E-state index contributed by atoms with van der Waals surface area (Å²) in [6, 6.07) is 9.80. The Balaban J connectivity index is 1.90. The second-order valence-corrected chi connectivity index (χ2v) is 7.55. The number of hydrogen-bond acceptors (Lipinski definition) is 3. The molecular formula is C22H25NO3. The molecule has 0 unspecified atom stereocenters. The van der Waals surface area contributed by atoms with Crippen molar-refractivity contribution in [2.75, 3.05) is 6.61 Å². The molecule has 4 rings (SSSR count). The van der Waals surface area contributed by atoms with Crippen molar-refractivity contribution in [2.24, 2.45) is 17.8 Å². The lowest BCUT2D eigenvalue weighted by Gasteiger charge is -2.44. The van der Waals surface area contributed by atoms with Crippen LogP contribution in [0.15, 0.2) is 53.5 Å². The van der Waals surface area contributed by atoms with Gasteiger partial charge in [0.1, 0.15) is 5.75 Å². The van der Waals surface area contributed by atoms with E-state index in [1.165, 1.54) is 6.20 Å². The summed E-state index contributed by atoms with van der Waals surface area (Å²) < 4.78 is 6.92. The lowest BCUT2D eigenvalue weighted by atomic mass is 9.64. The number of pyridine rings is 1. The smallest absolute Gasteiger partial charge is 0.290 e. The van der Waals surface area contributed by atoms with Crippen LogP contribution in [0.25, 0.3) is 11.1 Å². The first kappa shape index (κ1) is 17.0. The Morgan fingerprint density at radius 2 is 2.00 bits per heavy atom. The lowest BCUT2D eigenvalue weighted by molar-refractivity contribution is 0.0879. The molecule has 4 nitrogen and oxygen atoms in total. The molecule has 0 spiro atoms. The topological polar surface area (TPSA) is 51.5 Å². The van der Waals surface area contributed by atoms with Crippen molar-refractivity contribution in [3.05, 3.63) is 64.6 Å². The summed E-state index contributed by atoms with van der Waals surface area (Å²) in [7, 11) is 0. The molecule has 0 saturated heterocycles. The highest BCUT2D eigenvalue weighted by molar-refractivity contribution is 5.72. The second kappa shape index (κ2) is 6.67. The van der Waals surface area contributed by atoms with Gasteiger partial charge in [-0.2, -0.15) is 4.73 Å². The summed E-state index contributed by atoms with van der Waals surface area (Å²) in [5, 5.41) is 10.3. The molecule has 4 atom stereocenters. The first-order valence-electron chi connectivity index (χ1n) is 9.41. The standard InChI is InChI=1S/C22H25NO3/c1-3-7-15-11-10-14(2)19-18(15)13-26-21-17(16-8-5-4-6-9-16)12-23(25)22(24)20(19)21/h3-9,12,14-15,18-19,25H,10-11,13H2,1-2H3/b7-3+/t14-,15+,18-,19+/m0/s1. The molecule has 2 aromatic rings. The minimum Gasteiger partial charge on any atom is -0.492 e. The molecule has 0 bridgehead atoms. The monoisotopic (exact) mass is 351 g/mol. The van der Waals surface area contributed by atoms with E-state index >= 15 is 0 Å². The highest BCUT2D eigenvalue weighted by Crippen LogP contribution is 2.51. The van der Waals surface area contributed by atoms with Crippen LogP contribution >= 0.6 is 0 Å². The third kappa shape index (κ3) is 2.64. The van der Waals surface area contributed by atoms with Crippen molar-refractivity contribution in [1.82, 2.24) is 4.73 Å². The van der Waals surface area contributed by atoms with Gasteiger partial charge in [0.25, 0.3) is 5.56 Å². The summed E-state index contributed by atoms with van der Waals surface area (Å²) in [5.41, 5.74) is 2.02. The first-order chi connectivity index (χ1) is 12.6. The molecule has 1 aliphatic carbocycles. The normalized spacial score (nSPS) is 27.6. The van der Waals surface area contributed by atoms with Crippen LogP contribution in [0.2, 0.25) is 0 Å². The number of ether oxygens (including phenoxy) is 1. The summed E-state index contributed by atoms with van der Waals surface area (Å²) in [5.74, 6) is 1.86. The summed E-state index contributed by atoms with van der Waals surface area (Å²) in [6.07, 6.45) is 8.02. The first-order valence-corrected chi connectivity index (χ1v) is 9.41. The van der Waals surface area contributed by atoms with Crippen LogP contribution in [0, 0.1) is 17.8 Å². The average Bonchev–Trinajstić information content (AvgIpc) is 2.67. The minimum atomic E-state index is -0.345. The van der Waals surface area contributed by atoms with Crippen LogP contribution in [-0.4, -0.2) is 16.5 Å². The number of nitrogens with zero attached hydrogens (tertiary/aromatic N) is 1. The SMILES string of the molecule is C/C=C/[C@@H]1CC[C@H](C)[C@H]2c3c(c(-c4ccccc4)cn(O)c3=O)OC[C@H]21. The van der Waals surface area contributed by atoms with Crippen LogP contribution < -0.4 is 10.3 Å². The van der Waals surface area contributed by atoms with E-state index in [-0.39, 0.29) is 17.4 Å². The third-order valence-electron chi connectivity index (χ3n) is 6.04. The van der Waals surface area contributed by atoms with E-state index < -0.39 is 0 Å². The number of rotatable bonds is 2. The van der Waals surface area contributed by atoms with Crippen molar-refractivity contribution in [2.45, 2.75) is 32.6 Å². The maximum atomic E-state index is 12.9. The van der Waals surface area contributed by atoms with Crippen LogP contribution in [0.5, 0.6) is 5.75 Å². The summed E-state index contributed by atoms with van der Waals surface area (Å²) >= 11 is 0. The van der Waals surface area contributed by atoms with Gasteiger partial charge in [-0.15, -0.1) is 0 Å². The Morgan fingerprint density at radius 1 is 1.23 bits per heavy atom. The van der Waals surface area contributed by atoms with Crippen LogP contribution in [0.3, 0.4) is 0 Å². The molecule has 1 fully saturated rings. The van der Waals surface area contributed by atoms with Crippen molar-refractivity contribution >= 4 is 0 Å². The van der Waals surface area contributed by atoms with E-state index in [1.807, 2.05) is 37.3 Å². The van der Waals surface area contributed by atoms with Crippen LogP contribution in [0.4, 0.5) is 0 Å². The molecule has 26 heavy (non-hydrogen) atoms. The molecule has 0 amide bonds. The number of aromatic nitrogens is 1. The second-order valence-electron chi connectivity index (χ2n) is 7.55. The van der Waals surface area contributed by atoms with E-state index in [2.05, 4.69) is 19.1 Å². The Morgan fingerprint density at radius 3 is 2.73 bits per heavy atom. The zero-order valence-corrected chi connectivity index (χ0v) is 15.3. The van der Waals surface area contributed by atoms with Crippen molar-refractivity contribution in [1.29, 1.82) is 0 Å². The van der Waals surface area contributed by atoms with Gasteiger partial charge in [-0.3, -0.25) is 4.79 Å². The van der Waals surface area contributed by atoms with E-state index in [0.29, 0.717) is 29.8 Å². The number of fused-ring (bicyclic) bond motifs is 3. The van der Waals surface area contributed by atoms with Crippen molar-refractivity contribution in [3.8, 4) is 16.9 Å². The molecule has 136 valence electrons. The fourth-order valence-electron chi connectivity index (χ4n) is 4.81. The summed E-state index contributed by atoms with van der Waals surface area (Å²) in [4.78, 5) is 12.9. The van der Waals surface area contributed by atoms with Gasteiger partial charge in [-0.05, 0) is 37.2 Å². The largest absolute Gasteiger partial charge is 0.492 e. The van der Waals surface area contributed by atoms with Crippen molar-refractivity contribution < 1.29 is 9.94 Å². The number of hydrogen-bond donors (Lipinski definition) is 1. The predicted octanol–water partition coefficient (Wildman–Crippen LogP) is 4.47. The van der Waals surface area contributed by atoms with E-state index in [1.54, 1.807) is 0 Å². The van der Waals surface area contributed by atoms with E-state index in [9.17, 15) is 10.0 Å². The van der Waals surface area contributed by atoms with Gasteiger partial charge in [0, 0.05) is 17.4 Å². The predicted molar refractivity (Wildman–Crippen MR) is 102 cm³/mol. The third-order valence-corrected chi connectivity index (χ3v) is 6.04. The van der Waals surface area contributed by atoms with Crippen LogP contribution in [0.1, 0.15) is 38.2 Å². The molecule has 1 aromatic carbocycles. The minimum absolute atomic E-state index is 0.114. The highest BCUT2D eigenvalue weighted by Gasteiger charge is 2.44. The molecule has 0 radical (unpaired) electrons. The zero-order chi connectivity index (χ0) is 18.3. The quantitative estimate of drug-likeness (QED) is 0.642. The average molecular weight is 351 g/mol. The number of benzene rings is 1. The number of allylic oxidation sites excluding steroid dienone is 2. The summed E-state index contributed by atoms with van der Waals surface area (Å²) in [6.45, 7) is 4.87. The van der Waals surface area contributed by atoms with Gasteiger partial charge in [0.15, 0.2) is 0 Å². The fraction of sp³-hybridized carbons (Fsp3) is 0.409. The maximum absolute atomic E-state index is 12.9. The Labute approximate surface area is 153 Å². The Kier molecular flexibility index (Phi) is 4.35. The van der Waals surface area contributed by atoms with Gasteiger partial charge in [0.05, 0.1) is 18.4 Å². The molecule has 2 heterocycles. The zero-order valence-electron chi connectivity index (χ0n) is 15.3. The molecule has 1 saturated carbocycles. The Bertz CT molecular complexity index is 884. The van der Waals surface area contributed by atoms with E-state index in [4.69, 9.17) is 4.74 Å².